The van der Waals surface area contributed by atoms with Gasteiger partial charge in [0.25, 0.3) is 0 Å². The van der Waals surface area contributed by atoms with Crippen molar-refractivity contribution in [1.82, 2.24) is 0 Å². The topological polar surface area (TPSA) is 80.7 Å². The van der Waals surface area contributed by atoms with Crippen molar-refractivity contribution >= 4 is 17.9 Å². The Bertz CT molecular complexity index is 814. The lowest BCUT2D eigenvalue weighted by molar-refractivity contribution is -0.166. The molecule has 8 atom stereocenters. The SMILES string of the molecule is C=C1C2(C)CCCC(C)(C(=O)O)C2CCC12CC(C(C)C)C(C)C1C(=O)OC(=O)C12. The third-order valence-corrected chi connectivity index (χ3v) is 9.97. The van der Waals surface area contributed by atoms with Gasteiger partial charge in [-0.15, -0.1) is 0 Å². The summed E-state index contributed by atoms with van der Waals surface area (Å²) >= 11 is 0. The molecular weight excluding hydrogens is 380 g/mol. The van der Waals surface area contributed by atoms with E-state index in [9.17, 15) is 19.5 Å². The number of fused-ring (bicyclic) bond motifs is 3. The number of esters is 2. The lowest BCUT2D eigenvalue weighted by Gasteiger charge is -2.63. The Morgan fingerprint density at radius 2 is 1.83 bits per heavy atom. The van der Waals surface area contributed by atoms with Crippen LogP contribution in [-0.2, 0) is 19.1 Å². The monoisotopic (exact) mass is 416 g/mol. The van der Waals surface area contributed by atoms with Crippen molar-refractivity contribution in [2.75, 3.05) is 0 Å². The molecule has 1 N–H and O–H groups in total. The number of ether oxygens (including phenoxy) is 1. The molecule has 5 nitrogen and oxygen atoms in total. The third-order valence-electron chi connectivity index (χ3n) is 9.97. The quantitative estimate of drug-likeness (QED) is 0.395. The van der Waals surface area contributed by atoms with Gasteiger partial charge in [0.2, 0.25) is 0 Å². The van der Waals surface area contributed by atoms with E-state index in [-0.39, 0.29) is 29.2 Å². The fourth-order valence-corrected chi connectivity index (χ4v) is 8.26. The minimum Gasteiger partial charge on any atom is -0.481 e. The van der Waals surface area contributed by atoms with Crippen LogP contribution in [0.15, 0.2) is 12.2 Å². The van der Waals surface area contributed by atoms with Crippen LogP contribution in [0.1, 0.15) is 73.1 Å². The molecule has 0 radical (unpaired) electrons. The summed E-state index contributed by atoms with van der Waals surface area (Å²) < 4.78 is 5.22. The van der Waals surface area contributed by atoms with Crippen molar-refractivity contribution in [2.45, 2.75) is 73.1 Å². The molecule has 1 saturated heterocycles. The van der Waals surface area contributed by atoms with Crippen LogP contribution >= 0.6 is 0 Å². The van der Waals surface area contributed by atoms with Crippen LogP contribution in [-0.4, -0.2) is 23.0 Å². The number of carboxylic acids is 1. The van der Waals surface area contributed by atoms with E-state index in [0.717, 1.165) is 31.3 Å². The number of cyclic esters (lactones) is 2. The number of aliphatic carboxylic acids is 1. The molecule has 0 aromatic heterocycles. The number of rotatable bonds is 2. The van der Waals surface area contributed by atoms with Crippen LogP contribution in [0.2, 0.25) is 0 Å². The molecule has 0 aromatic rings. The first-order valence-electron chi connectivity index (χ1n) is 11.6. The van der Waals surface area contributed by atoms with Gasteiger partial charge in [-0.25, -0.2) is 0 Å². The van der Waals surface area contributed by atoms with Gasteiger partial charge in [-0.3, -0.25) is 14.4 Å². The average Bonchev–Trinajstić information content (AvgIpc) is 2.96. The Hall–Kier alpha value is -1.65. The van der Waals surface area contributed by atoms with Gasteiger partial charge in [0.05, 0.1) is 17.3 Å². The molecule has 30 heavy (non-hydrogen) atoms. The van der Waals surface area contributed by atoms with Crippen molar-refractivity contribution < 1.29 is 24.2 Å². The van der Waals surface area contributed by atoms with Crippen LogP contribution in [0.5, 0.6) is 0 Å². The lowest BCUT2D eigenvalue weighted by atomic mass is 9.39. The van der Waals surface area contributed by atoms with E-state index in [1.165, 1.54) is 0 Å². The first-order valence-corrected chi connectivity index (χ1v) is 11.6. The normalized spacial score (nSPS) is 48.5. The van der Waals surface area contributed by atoms with Gasteiger partial charge < -0.3 is 9.84 Å². The highest BCUT2D eigenvalue weighted by Crippen LogP contribution is 2.70. The highest BCUT2D eigenvalue weighted by atomic mass is 16.6. The highest BCUT2D eigenvalue weighted by Gasteiger charge is 2.68. The standard InChI is InChI=1S/C25H36O5/c1-13(2)16-12-25(19-18(14(16)3)20(26)30-21(19)27)11-8-17-23(5,15(25)4)9-7-10-24(17,6)22(28)29/h13-14,16-19H,4,7-12H2,1-3,5-6H3,(H,28,29). The van der Waals surface area contributed by atoms with Gasteiger partial charge in [-0.2, -0.15) is 0 Å². The van der Waals surface area contributed by atoms with Crippen LogP contribution in [0.25, 0.3) is 0 Å². The van der Waals surface area contributed by atoms with Gasteiger partial charge >= 0.3 is 17.9 Å². The summed E-state index contributed by atoms with van der Waals surface area (Å²) in [5.41, 5.74) is -0.584. The van der Waals surface area contributed by atoms with Gasteiger partial charge in [0.15, 0.2) is 0 Å². The number of carbonyl (C=O) groups excluding carboxylic acids is 2. The molecule has 4 rings (SSSR count). The van der Waals surface area contributed by atoms with E-state index in [1.54, 1.807) is 0 Å². The van der Waals surface area contributed by atoms with Crippen molar-refractivity contribution in [3.63, 3.8) is 0 Å². The van der Waals surface area contributed by atoms with E-state index in [4.69, 9.17) is 4.74 Å². The summed E-state index contributed by atoms with van der Waals surface area (Å²) in [4.78, 5) is 38.0. The molecule has 3 saturated carbocycles. The van der Waals surface area contributed by atoms with E-state index in [1.807, 2.05) is 6.92 Å². The maximum absolute atomic E-state index is 13.0. The molecule has 0 aromatic carbocycles. The number of allylic oxidation sites excluding steroid dienone is 1. The smallest absolute Gasteiger partial charge is 0.318 e. The van der Waals surface area contributed by atoms with E-state index < -0.39 is 28.6 Å². The Kier molecular flexibility index (Phi) is 4.80. The maximum Gasteiger partial charge on any atom is 0.318 e. The van der Waals surface area contributed by atoms with Gasteiger partial charge in [0, 0.05) is 5.41 Å². The fourth-order valence-electron chi connectivity index (χ4n) is 8.26. The van der Waals surface area contributed by atoms with Crippen molar-refractivity contribution in [3.05, 3.63) is 12.2 Å². The molecule has 5 heteroatoms. The van der Waals surface area contributed by atoms with Gasteiger partial charge in [-0.05, 0) is 68.1 Å². The summed E-state index contributed by atoms with van der Waals surface area (Å²) in [5, 5.41) is 10.1. The molecule has 1 aliphatic heterocycles. The minimum atomic E-state index is -0.775. The molecule has 0 bridgehead atoms. The number of hydrogen-bond acceptors (Lipinski definition) is 4. The van der Waals surface area contributed by atoms with Gasteiger partial charge in [-0.1, -0.05) is 46.3 Å². The summed E-state index contributed by atoms with van der Waals surface area (Å²) in [6.45, 7) is 15.1. The Morgan fingerprint density at radius 3 is 2.43 bits per heavy atom. The van der Waals surface area contributed by atoms with Crippen molar-refractivity contribution in [3.8, 4) is 0 Å². The van der Waals surface area contributed by atoms with Crippen LogP contribution < -0.4 is 0 Å². The summed E-state index contributed by atoms with van der Waals surface area (Å²) in [5.74, 6) is -1.60. The fraction of sp³-hybridized carbons (Fsp3) is 0.800. The lowest BCUT2D eigenvalue weighted by Crippen LogP contribution is -2.59. The second kappa shape index (κ2) is 6.67. The van der Waals surface area contributed by atoms with E-state index >= 15 is 0 Å². The Morgan fingerprint density at radius 1 is 1.17 bits per heavy atom. The zero-order valence-electron chi connectivity index (χ0n) is 19.0. The average molecular weight is 417 g/mol. The maximum atomic E-state index is 13.0. The number of hydrogen-bond donors (Lipinski definition) is 1. The van der Waals surface area contributed by atoms with Crippen molar-refractivity contribution in [2.24, 2.45) is 51.8 Å². The zero-order valence-corrected chi connectivity index (χ0v) is 19.0. The molecule has 1 heterocycles. The second-order valence-electron chi connectivity index (χ2n) is 11.4. The third kappa shape index (κ3) is 2.56. The number of carboxylic acid groups (broad SMARTS) is 1. The molecule has 3 aliphatic carbocycles. The second-order valence-corrected chi connectivity index (χ2v) is 11.4. The predicted octanol–water partition coefficient (Wildman–Crippen LogP) is 4.85. The molecule has 8 unspecified atom stereocenters. The zero-order chi connectivity index (χ0) is 22.2. The molecule has 0 amide bonds. The molecule has 166 valence electrons. The molecule has 1 spiro atoms. The predicted molar refractivity (Wildman–Crippen MR) is 112 cm³/mol. The summed E-state index contributed by atoms with van der Waals surface area (Å²) in [6, 6.07) is 0. The Labute approximate surface area is 179 Å². The van der Waals surface area contributed by atoms with Crippen molar-refractivity contribution in [1.29, 1.82) is 0 Å². The van der Waals surface area contributed by atoms with E-state index in [2.05, 4.69) is 34.3 Å². The molecule has 4 aliphatic rings. The van der Waals surface area contributed by atoms with Crippen LogP contribution in [0.4, 0.5) is 0 Å². The largest absolute Gasteiger partial charge is 0.481 e. The van der Waals surface area contributed by atoms with Crippen LogP contribution in [0.3, 0.4) is 0 Å². The highest BCUT2D eigenvalue weighted by molar-refractivity contribution is 5.97. The van der Waals surface area contributed by atoms with Gasteiger partial charge in [0.1, 0.15) is 0 Å². The first kappa shape index (κ1) is 21.6. The molecule has 4 fully saturated rings. The minimum absolute atomic E-state index is 0.00204. The summed E-state index contributed by atoms with van der Waals surface area (Å²) in [6.07, 6.45) is 4.72. The van der Waals surface area contributed by atoms with E-state index in [0.29, 0.717) is 24.7 Å². The first-order chi connectivity index (χ1) is 13.9. The summed E-state index contributed by atoms with van der Waals surface area (Å²) in [7, 11) is 0. The molecular formula is C25H36O5. The number of carbonyl (C=O) groups is 3. The Balaban J connectivity index is 1.82. The van der Waals surface area contributed by atoms with Crippen LogP contribution in [0, 0.1) is 51.8 Å².